The van der Waals surface area contributed by atoms with Gasteiger partial charge in [0.2, 0.25) is 5.91 Å². The molecule has 0 aromatic heterocycles. The van der Waals surface area contributed by atoms with Crippen LogP contribution in [0.2, 0.25) is 0 Å². The molecule has 1 unspecified atom stereocenters. The zero-order valence-electron chi connectivity index (χ0n) is 9.95. The van der Waals surface area contributed by atoms with E-state index in [9.17, 15) is 4.79 Å². The lowest BCUT2D eigenvalue weighted by Crippen LogP contribution is -2.39. The number of likely N-dealkylation sites (tertiary alicyclic amines) is 1. The number of piperidine rings is 1. The van der Waals surface area contributed by atoms with Gasteiger partial charge < -0.3 is 10.6 Å². The van der Waals surface area contributed by atoms with Gasteiger partial charge in [-0.3, -0.25) is 4.79 Å². The summed E-state index contributed by atoms with van der Waals surface area (Å²) in [7, 11) is 0. The van der Waals surface area contributed by atoms with Crippen LogP contribution >= 0.6 is 15.9 Å². The number of nitrogens with zero attached hydrogens (tertiary/aromatic N) is 1. The Morgan fingerprint density at radius 3 is 2.94 bits per heavy atom. The second kappa shape index (κ2) is 5.08. The number of hydrogen-bond donors (Lipinski definition) is 1. The molecule has 3 nitrogen and oxygen atoms in total. The molecule has 1 aromatic rings. The highest BCUT2D eigenvalue weighted by Gasteiger charge is 2.24. The maximum Gasteiger partial charge on any atom is 0.225 e. The number of hydrogen-bond acceptors (Lipinski definition) is 2. The third-order valence-corrected chi connectivity index (χ3v) is 3.61. The zero-order valence-corrected chi connectivity index (χ0v) is 11.5. The first-order valence-electron chi connectivity index (χ1n) is 5.90. The van der Waals surface area contributed by atoms with Crippen LogP contribution in [0.25, 0.3) is 0 Å². The van der Waals surface area contributed by atoms with E-state index in [-0.39, 0.29) is 11.8 Å². The Bertz CT molecular complexity index is 413. The van der Waals surface area contributed by atoms with Crippen molar-refractivity contribution in [2.24, 2.45) is 5.92 Å². The standard InChI is InChI=1S/C13H17BrN2O/c1-9-3-2-4-16(13(9)17)8-10-5-11(14)7-12(15)6-10/h5-7,9H,2-4,8,15H2,1H3. The van der Waals surface area contributed by atoms with Crippen molar-refractivity contribution < 1.29 is 4.79 Å². The Morgan fingerprint density at radius 2 is 2.24 bits per heavy atom. The summed E-state index contributed by atoms with van der Waals surface area (Å²) in [5, 5.41) is 0. The molecule has 2 N–H and O–H groups in total. The van der Waals surface area contributed by atoms with E-state index in [1.807, 2.05) is 30.0 Å². The molecule has 0 radical (unpaired) electrons. The van der Waals surface area contributed by atoms with Gasteiger partial charge in [0, 0.05) is 29.2 Å². The SMILES string of the molecule is CC1CCCN(Cc2cc(N)cc(Br)c2)C1=O. The minimum absolute atomic E-state index is 0.160. The van der Waals surface area contributed by atoms with E-state index < -0.39 is 0 Å². The average Bonchev–Trinajstić information content (AvgIpc) is 2.23. The van der Waals surface area contributed by atoms with E-state index in [4.69, 9.17) is 5.73 Å². The number of nitrogen functional groups attached to an aromatic ring is 1. The van der Waals surface area contributed by atoms with Gasteiger partial charge in [0.25, 0.3) is 0 Å². The van der Waals surface area contributed by atoms with Crippen molar-refractivity contribution in [3.8, 4) is 0 Å². The van der Waals surface area contributed by atoms with Gasteiger partial charge in [0.1, 0.15) is 0 Å². The van der Waals surface area contributed by atoms with Crippen LogP contribution in [-0.4, -0.2) is 17.4 Å². The zero-order chi connectivity index (χ0) is 12.4. The largest absolute Gasteiger partial charge is 0.399 e. The second-order valence-corrected chi connectivity index (χ2v) is 5.61. The highest BCUT2D eigenvalue weighted by Crippen LogP contribution is 2.22. The Balaban J connectivity index is 2.12. The highest BCUT2D eigenvalue weighted by molar-refractivity contribution is 9.10. The molecule has 2 rings (SSSR count). The van der Waals surface area contributed by atoms with Crippen molar-refractivity contribution in [2.75, 3.05) is 12.3 Å². The van der Waals surface area contributed by atoms with Gasteiger partial charge in [-0.1, -0.05) is 22.9 Å². The number of carbonyl (C=O) groups excluding carboxylic acids is 1. The van der Waals surface area contributed by atoms with Gasteiger partial charge in [-0.05, 0) is 36.6 Å². The van der Waals surface area contributed by atoms with Gasteiger partial charge in [-0.2, -0.15) is 0 Å². The first-order chi connectivity index (χ1) is 8.06. The molecule has 1 atom stereocenters. The number of nitrogens with two attached hydrogens (primary N) is 1. The normalized spacial score (nSPS) is 20.7. The van der Waals surface area contributed by atoms with Crippen LogP contribution in [0.15, 0.2) is 22.7 Å². The molecule has 92 valence electrons. The van der Waals surface area contributed by atoms with E-state index in [1.54, 1.807) is 0 Å². The van der Waals surface area contributed by atoms with E-state index in [1.165, 1.54) is 0 Å². The summed E-state index contributed by atoms with van der Waals surface area (Å²) in [6.45, 7) is 3.52. The smallest absolute Gasteiger partial charge is 0.225 e. The van der Waals surface area contributed by atoms with Crippen molar-refractivity contribution in [3.05, 3.63) is 28.2 Å². The monoisotopic (exact) mass is 296 g/mol. The van der Waals surface area contributed by atoms with Crippen LogP contribution in [0.4, 0.5) is 5.69 Å². The molecule has 17 heavy (non-hydrogen) atoms. The van der Waals surface area contributed by atoms with Crippen molar-refractivity contribution in [2.45, 2.75) is 26.3 Å². The quantitative estimate of drug-likeness (QED) is 0.853. The average molecular weight is 297 g/mol. The van der Waals surface area contributed by atoms with E-state index in [2.05, 4.69) is 15.9 Å². The fourth-order valence-corrected chi connectivity index (χ4v) is 2.84. The number of carbonyl (C=O) groups is 1. The summed E-state index contributed by atoms with van der Waals surface area (Å²) in [4.78, 5) is 13.9. The van der Waals surface area contributed by atoms with Gasteiger partial charge in [0.15, 0.2) is 0 Å². The summed E-state index contributed by atoms with van der Waals surface area (Å²) in [6, 6.07) is 5.81. The number of amides is 1. The minimum atomic E-state index is 0.160. The lowest BCUT2D eigenvalue weighted by Gasteiger charge is -2.30. The van der Waals surface area contributed by atoms with Crippen LogP contribution < -0.4 is 5.73 Å². The summed E-state index contributed by atoms with van der Waals surface area (Å²) in [5.41, 5.74) is 7.60. The maximum atomic E-state index is 12.0. The molecule has 1 aromatic carbocycles. The van der Waals surface area contributed by atoms with Crippen LogP contribution in [-0.2, 0) is 11.3 Å². The fourth-order valence-electron chi connectivity index (χ4n) is 2.28. The lowest BCUT2D eigenvalue weighted by molar-refractivity contribution is -0.138. The van der Waals surface area contributed by atoms with Crippen LogP contribution in [0.5, 0.6) is 0 Å². The first kappa shape index (κ1) is 12.4. The van der Waals surface area contributed by atoms with Crippen molar-refractivity contribution >= 4 is 27.5 Å². The predicted molar refractivity (Wildman–Crippen MR) is 72.4 cm³/mol. The molecule has 1 heterocycles. The third kappa shape index (κ3) is 3.00. The van der Waals surface area contributed by atoms with Crippen molar-refractivity contribution in [3.63, 3.8) is 0 Å². The topological polar surface area (TPSA) is 46.3 Å². The molecule has 4 heteroatoms. The minimum Gasteiger partial charge on any atom is -0.399 e. The molecule has 1 aliphatic heterocycles. The first-order valence-corrected chi connectivity index (χ1v) is 6.69. The number of anilines is 1. The van der Waals surface area contributed by atoms with Crippen LogP contribution in [0.3, 0.4) is 0 Å². The molecule has 1 fully saturated rings. The molecule has 0 saturated carbocycles. The summed E-state index contributed by atoms with van der Waals surface area (Å²) in [6.07, 6.45) is 2.10. The Labute approximate surface area is 110 Å². The van der Waals surface area contributed by atoms with E-state index in [0.717, 1.165) is 35.1 Å². The Morgan fingerprint density at radius 1 is 1.47 bits per heavy atom. The number of benzene rings is 1. The van der Waals surface area contributed by atoms with Gasteiger partial charge in [-0.25, -0.2) is 0 Å². The van der Waals surface area contributed by atoms with Gasteiger partial charge in [0.05, 0.1) is 0 Å². The van der Waals surface area contributed by atoms with E-state index >= 15 is 0 Å². The summed E-state index contributed by atoms with van der Waals surface area (Å²) >= 11 is 3.42. The van der Waals surface area contributed by atoms with Crippen molar-refractivity contribution in [1.82, 2.24) is 4.90 Å². The molecule has 1 amide bonds. The number of rotatable bonds is 2. The molecule has 0 bridgehead atoms. The predicted octanol–water partition coefficient (Wildman–Crippen LogP) is 2.79. The Hall–Kier alpha value is -1.03. The van der Waals surface area contributed by atoms with Crippen LogP contribution in [0.1, 0.15) is 25.3 Å². The lowest BCUT2D eigenvalue weighted by atomic mass is 9.98. The molecular weight excluding hydrogens is 280 g/mol. The number of halogens is 1. The van der Waals surface area contributed by atoms with E-state index in [0.29, 0.717) is 6.54 Å². The fraction of sp³-hybridized carbons (Fsp3) is 0.462. The summed E-state index contributed by atoms with van der Waals surface area (Å²) < 4.78 is 0.963. The van der Waals surface area contributed by atoms with Gasteiger partial charge >= 0.3 is 0 Å². The second-order valence-electron chi connectivity index (χ2n) is 4.70. The molecular formula is C13H17BrN2O. The summed E-state index contributed by atoms with van der Waals surface area (Å²) in [5.74, 6) is 0.419. The molecule has 0 aliphatic carbocycles. The van der Waals surface area contributed by atoms with Crippen LogP contribution in [0, 0.1) is 5.92 Å². The molecule has 1 aliphatic rings. The van der Waals surface area contributed by atoms with Crippen molar-refractivity contribution in [1.29, 1.82) is 0 Å². The molecule has 1 saturated heterocycles. The highest BCUT2D eigenvalue weighted by atomic mass is 79.9. The third-order valence-electron chi connectivity index (χ3n) is 3.15. The maximum absolute atomic E-state index is 12.0. The Kier molecular flexibility index (Phi) is 3.72. The van der Waals surface area contributed by atoms with Gasteiger partial charge in [-0.15, -0.1) is 0 Å². The molecule has 0 spiro atoms.